The Morgan fingerprint density at radius 3 is 2.91 bits per heavy atom. The van der Waals surface area contributed by atoms with Gasteiger partial charge in [-0.05, 0) is 31.2 Å². The molecule has 2 aliphatic rings. The van der Waals surface area contributed by atoms with E-state index in [1.807, 2.05) is 23.1 Å². The number of carbonyl (C=O) groups excluding carboxylic acids is 1. The van der Waals surface area contributed by atoms with E-state index < -0.39 is 0 Å². The summed E-state index contributed by atoms with van der Waals surface area (Å²) in [7, 11) is 1.75. The van der Waals surface area contributed by atoms with Crippen molar-refractivity contribution in [1.29, 1.82) is 0 Å². The molecule has 0 N–H and O–H groups in total. The van der Waals surface area contributed by atoms with Gasteiger partial charge in [0.25, 0.3) is 0 Å². The average molecular weight is 303 g/mol. The Bertz CT molecular complexity index is 496. The van der Waals surface area contributed by atoms with Crippen LogP contribution in [0.4, 0.5) is 0 Å². The summed E-state index contributed by atoms with van der Waals surface area (Å²) in [5, 5.41) is 0. The molecule has 1 amide bonds. The van der Waals surface area contributed by atoms with Gasteiger partial charge in [-0.25, -0.2) is 0 Å². The fourth-order valence-corrected chi connectivity index (χ4v) is 3.74. The van der Waals surface area contributed by atoms with Crippen molar-refractivity contribution in [3.63, 3.8) is 0 Å². The number of aryl methyl sites for hydroxylation is 1. The third kappa shape index (κ3) is 3.18. The fourth-order valence-electron chi connectivity index (χ4n) is 3.74. The van der Waals surface area contributed by atoms with Crippen molar-refractivity contribution in [3.8, 4) is 0 Å². The highest BCUT2D eigenvalue weighted by molar-refractivity contribution is 5.76. The van der Waals surface area contributed by atoms with E-state index in [0.29, 0.717) is 13.0 Å². The van der Waals surface area contributed by atoms with Crippen molar-refractivity contribution < 1.29 is 14.3 Å². The van der Waals surface area contributed by atoms with E-state index in [9.17, 15) is 4.79 Å². The van der Waals surface area contributed by atoms with Crippen molar-refractivity contribution in [2.24, 2.45) is 0 Å². The molecule has 2 atom stereocenters. The number of benzene rings is 1. The summed E-state index contributed by atoms with van der Waals surface area (Å²) in [6.07, 6.45) is 4.41. The molecule has 0 bridgehead atoms. The first-order chi connectivity index (χ1) is 10.7. The van der Waals surface area contributed by atoms with Crippen LogP contribution in [0.2, 0.25) is 0 Å². The molecule has 0 unspecified atom stereocenters. The maximum atomic E-state index is 12.5. The van der Waals surface area contributed by atoms with E-state index in [-0.39, 0.29) is 17.6 Å². The van der Waals surface area contributed by atoms with Crippen LogP contribution in [0.1, 0.15) is 31.2 Å². The summed E-state index contributed by atoms with van der Waals surface area (Å²) in [6, 6.07) is 10.2. The molecule has 0 aliphatic carbocycles. The van der Waals surface area contributed by atoms with Gasteiger partial charge in [0.15, 0.2) is 0 Å². The van der Waals surface area contributed by atoms with Gasteiger partial charge >= 0.3 is 0 Å². The number of hydrogen-bond acceptors (Lipinski definition) is 3. The van der Waals surface area contributed by atoms with Gasteiger partial charge in [0.05, 0.1) is 12.6 Å². The van der Waals surface area contributed by atoms with Crippen LogP contribution in [-0.2, 0) is 20.7 Å². The minimum absolute atomic E-state index is 0.119. The van der Waals surface area contributed by atoms with E-state index in [1.165, 1.54) is 5.56 Å². The van der Waals surface area contributed by atoms with E-state index in [2.05, 4.69) is 12.1 Å². The van der Waals surface area contributed by atoms with Gasteiger partial charge in [0, 0.05) is 26.7 Å². The van der Waals surface area contributed by atoms with Crippen LogP contribution in [0.25, 0.3) is 0 Å². The molecule has 2 fully saturated rings. The first kappa shape index (κ1) is 15.5. The Balaban J connectivity index is 1.59. The Hall–Kier alpha value is -1.39. The standard InChI is InChI=1S/C18H25NO3/c1-21-16-10-12-19(14-18(16)11-5-13-22-18)17(20)9-8-15-6-3-2-4-7-15/h2-4,6-7,16H,5,8-14H2,1H3/t16-,18-/m0/s1. The number of ether oxygens (including phenoxy) is 2. The summed E-state index contributed by atoms with van der Waals surface area (Å²) >= 11 is 0. The third-order valence-electron chi connectivity index (χ3n) is 4.95. The quantitative estimate of drug-likeness (QED) is 0.857. The van der Waals surface area contributed by atoms with Crippen LogP contribution in [0.5, 0.6) is 0 Å². The summed E-state index contributed by atoms with van der Waals surface area (Å²) in [5.74, 6) is 0.230. The third-order valence-corrected chi connectivity index (χ3v) is 4.95. The van der Waals surface area contributed by atoms with Crippen molar-refractivity contribution >= 4 is 5.91 Å². The highest BCUT2D eigenvalue weighted by atomic mass is 16.6. The number of hydrogen-bond donors (Lipinski definition) is 0. The lowest BCUT2D eigenvalue weighted by Gasteiger charge is -2.44. The Morgan fingerprint density at radius 1 is 1.41 bits per heavy atom. The Morgan fingerprint density at radius 2 is 2.23 bits per heavy atom. The number of piperidine rings is 1. The summed E-state index contributed by atoms with van der Waals surface area (Å²) < 4.78 is 11.6. The topological polar surface area (TPSA) is 38.8 Å². The predicted molar refractivity (Wildman–Crippen MR) is 84.7 cm³/mol. The smallest absolute Gasteiger partial charge is 0.223 e. The number of carbonyl (C=O) groups is 1. The fraction of sp³-hybridized carbons (Fsp3) is 0.611. The highest BCUT2D eigenvalue weighted by Crippen LogP contribution is 2.36. The van der Waals surface area contributed by atoms with Crippen LogP contribution >= 0.6 is 0 Å². The summed E-state index contributed by atoms with van der Waals surface area (Å²) in [6.45, 7) is 2.24. The minimum Gasteiger partial charge on any atom is -0.378 e. The summed E-state index contributed by atoms with van der Waals surface area (Å²) in [4.78, 5) is 14.5. The SMILES string of the molecule is CO[C@H]1CCN(C(=O)CCc2ccccc2)C[C@@]12CCCO2. The lowest BCUT2D eigenvalue weighted by molar-refractivity contribution is -0.160. The summed E-state index contributed by atoms with van der Waals surface area (Å²) in [5.41, 5.74) is 0.949. The van der Waals surface area contributed by atoms with Gasteiger partial charge in [-0.1, -0.05) is 30.3 Å². The molecular weight excluding hydrogens is 278 g/mol. The van der Waals surface area contributed by atoms with Gasteiger partial charge < -0.3 is 14.4 Å². The molecule has 120 valence electrons. The Kier molecular flexibility index (Phi) is 4.79. The minimum atomic E-state index is -0.268. The lowest BCUT2D eigenvalue weighted by Crippen LogP contribution is -2.58. The molecule has 4 heteroatoms. The highest BCUT2D eigenvalue weighted by Gasteiger charge is 2.47. The normalized spacial score (nSPS) is 28.2. The second kappa shape index (κ2) is 6.80. The van der Waals surface area contributed by atoms with Gasteiger partial charge in [-0.3, -0.25) is 4.79 Å². The second-order valence-electron chi connectivity index (χ2n) is 6.33. The van der Waals surface area contributed by atoms with Crippen molar-refractivity contribution in [3.05, 3.63) is 35.9 Å². The zero-order chi connectivity index (χ0) is 15.4. The van der Waals surface area contributed by atoms with E-state index in [0.717, 1.165) is 38.8 Å². The van der Waals surface area contributed by atoms with Gasteiger partial charge in [-0.2, -0.15) is 0 Å². The number of rotatable bonds is 4. The van der Waals surface area contributed by atoms with Crippen molar-refractivity contribution in [2.75, 3.05) is 26.8 Å². The maximum Gasteiger partial charge on any atom is 0.223 e. The van der Waals surface area contributed by atoms with Crippen molar-refractivity contribution in [2.45, 2.75) is 43.8 Å². The molecular formula is C18H25NO3. The van der Waals surface area contributed by atoms with Crippen LogP contribution in [0.15, 0.2) is 30.3 Å². The van der Waals surface area contributed by atoms with E-state index in [4.69, 9.17) is 9.47 Å². The molecule has 4 nitrogen and oxygen atoms in total. The maximum absolute atomic E-state index is 12.5. The van der Waals surface area contributed by atoms with Gasteiger partial charge in [0.1, 0.15) is 5.60 Å². The largest absolute Gasteiger partial charge is 0.378 e. The van der Waals surface area contributed by atoms with Gasteiger partial charge in [0.2, 0.25) is 5.91 Å². The molecule has 0 saturated carbocycles. The molecule has 22 heavy (non-hydrogen) atoms. The molecule has 2 aliphatic heterocycles. The molecule has 2 heterocycles. The van der Waals surface area contributed by atoms with Crippen LogP contribution in [0.3, 0.4) is 0 Å². The second-order valence-corrected chi connectivity index (χ2v) is 6.33. The monoisotopic (exact) mass is 303 g/mol. The predicted octanol–water partition coefficient (Wildman–Crippen LogP) is 2.42. The number of nitrogens with zero attached hydrogens (tertiary/aromatic N) is 1. The van der Waals surface area contributed by atoms with E-state index >= 15 is 0 Å². The van der Waals surface area contributed by atoms with Crippen LogP contribution in [0, 0.1) is 0 Å². The number of likely N-dealkylation sites (tertiary alicyclic amines) is 1. The zero-order valence-corrected chi connectivity index (χ0v) is 13.3. The molecule has 1 aromatic rings. The molecule has 2 saturated heterocycles. The first-order valence-electron chi connectivity index (χ1n) is 8.22. The average Bonchev–Trinajstić information content (AvgIpc) is 3.02. The van der Waals surface area contributed by atoms with Crippen LogP contribution < -0.4 is 0 Å². The Labute approximate surface area is 132 Å². The van der Waals surface area contributed by atoms with Crippen LogP contribution in [-0.4, -0.2) is 49.3 Å². The molecule has 3 rings (SSSR count). The number of amides is 1. The van der Waals surface area contributed by atoms with Crippen molar-refractivity contribution in [1.82, 2.24) is 4.90 Å². The van der Waals surface area contributed by atoms with Gasteiger partial charge in [-0.15, -0.1) is 0 Å². The molecule has 1 spiro atoms. The first-order valence-corrected chi connectivity index (χ1v) is 8.22. The number of methoxy groups -OCH3 is 1. The molecule has 0 aromatic heterocycles. The zero-order valence-electron chi connectivity index (χ0n) is 13.3. The molecule has 1 aromatic carbocycles. The molecule has 0 radical (unpaired) electrons. The lowest BCUT2D eigenvalue weighted by atomic mass is 9.86. The van der Waals surface area contributed by atoms with E-state index in [1.54, 1.807) is 7.11 Å².